The predicted octanol–water partition coefficient (Wildman–Crippen LogP) is 5.25. The molecule has 1 aromatic heterocycles. The molecule has 0 aliphatic carbocycles. The Kier molecular flexibility index (Phi) is 3.10. The Hall–Kier alpha value is -0.120. The number of benzene rings is 1. The van der Waals surface area contributed by atoms with Crippen molar-refractivity contribution >= 4 is 43.2 Å². The van der Waals surface area contributed by atoms with Crippen molar-refractivity contribution in [2.45, 2.75) is 6.92 Å². The van der Waals surface area contributed by atoms with E-state index in [-0.39, 0.29) is 0 Å². The number of rotatable bonds is 1. The quantitative estimate of drug-likeness (QED) is 0.669. The van der Waals surface area contributed by atoms with Crippen LogP contribution in [0.3, 0.4) is 0 Å². The second kappa shape index (κ2) is 4.17. The van der Waals surface area contributed by atoms with Crippen molar-refractivity contribution in [1.29, 1.82) is 0 Å². The van der Waals surface area contributed by atoms with Crippen molar-refractivity contribution in [2.75, 3.05) is 0 Å². The van der Waals surface area contributed by atoms with Crippen LogP contribution in [0.2, 0.25) is 0 Å². The van der Waals surface area contributed by atoms with Crippen molar-refractivity contribution in [2.24, 2.45) is 0 Å². The van der Waals surface area contributed by atoms with E-state index in [1.165, 1.54) is 24.3 Å². The maximum Gasteiger partial charge on any atom is 0.0791 e. The first-order valence-electron chi connectivity index (χ1n) is 4.20. The Morgan fingerprint density at radius 1 is 1.00 bits per heavy atom. The maximum atomic E-state index is 3.59. The Morgan fingerprint density at radius 3 is 2.14 bits per heavy atom. The van der Waals surface area contributed by atoms with E-state index in [4.69, 9.17) is 0 Å². The zero-order chi connectivity index (χ0) is 10.1. The van der Waals surface area contributed by atoms with Crippen molar-refractivity contribution in [3.8, 4) is 11.1 Å². The van der Waals surface area contributed by atoms with E-state index in [2.05, 4.69) is 63.0 Å². The van der Waals surface area contributed by atoms with Gasteiger partial charge < -0.3 is 0 Å². The van der Waals surface area contributed by atoms with Gasteiger partial charge in [0, 0.05) is 5.56 Å². The molecule has 0 atom stereocenters. The van der Waals surface area contributed by atoms with E-state index in [9.17, 15) is 0 Å². The highest BCUT2D eigenvalue weighted by molar-refractivity contribution is 9.12. The lowest BCUT2D eigenvalue weighted by Gasteiger charge is -2.00. The normalized spacial score (nSPS) is 10.5. The van der Waals surface area contributed by atoms with Crippen LogP contribution in [0.5, 0.6) is 0 Å². The minimum atomic E-state index is 1.19. The van der Waals surface area contributed by atoms with Gasteiger partial charge in [-0.25, -0.2) is 0 Å². The summed E-state index contributed by atoms with van der Waals surface area (Å²) in [6, 6.07) is 10.4. The predicted molar refractivity (Wildman–Crippen MR) is 69.9 cm³/mol. The highest BCUT2D eigenvalue weighted by Crippen LogP contribution is 2.42. The molecule has 0 saturated heterocycles. The van der Waals surface area contributed by atoms with Gasteiger partial charge in [-0.15, -0.1) is 11.3 Å². The molecule has 0 fully saturated rings. The van der Waals surface area contributed by atoms with Gasteiger partial charge in [-0.3, -0.25) is 0 Å². The van der Waals surface area contributed by atoms with Crippen LogP contribution in [-0.4, -0.2) is 0 Å². The molecule has 0 bridgehead atoms. The Balaban J connectivity index is 2.62. The Labute approximate surface area is 104 Å². The van der Waals surface area contributed by atoms with Crippen molar-refractivity contribution in [3.05, 3.63) is 43.5 Å². The summed E-state index contributed by atoms with van der Waals surface area (Å²) in [5, 5.41) is 0. The highest BCUT2D eigenvalue weighted by Gasteiger charge is 2.12. The molecule has 0 N–H and O–H groups in total. The fourth-order valence-corrected chi connectivity index (χ4v) is 4.52. The first-order chi connectivity index (χ1) is 6.70. The van der Waals surface area contributed by atoms with Crippen LogP contribution in [0.25, 0.3) is 11.1 Å². The third-order valence-electron chi connectivity index (χ3n) is 2.11. The third kappa shape index (κ3) is 1.81. The van der Waals surface area contributed by atoms with Gasteiger partial charge >= 0.3 is 0 Å². The second-order valence-electron chi connectivity index (χ2n) is 3.02. The fraction of sp³-hybridized carbons (Fsp3) is 0.0909. The average Bonchev–Trinajstić information content (AvgIpc) is 2.43. The lowest BCUT2D eigenvalue weighted by Crippen LogP contribution is -1.77. The van der Waals surface area contributed by atoms with Crippen LogP contribution in [0, 0.1) is 6.92 Å². The standard InChI is InChI=1S/C11H8Br2S/c1-7-9(11(13)14-10(7)12)8-5-3-2-4-6-8/h2-6H,1H3. The van der Waals surface area contributed by atoms with E-state index in [1.54, 1.807) is 11.3 Å². The average molecular weight is 332 g/mol. The summed E-state index contributed by atoms with van der Waals surface area (Å²) in [6.07, 6.45) is 0. The Bertz CT molecular complexity index is 446. The zero-order valence-electron chi connectivity index (χ0n) is 7.55. The van der Waals surface area contributed by atoms with E-state index in [0.717, 1.165) is 0 Å². The lowest BCUT2D eigenvalue weighted by atomic mass is 10.1. The monoisotopic (exact) mass is 330 g/mol. The van der Waals surface area contributed by atoms with Gasteiger partial charge in [-0.1, -0.05) is 30.3 Å². The second-order valence-corrected chi connectivity index (χ2v) is 6.67. The molecule has 0 aliphatic heterocycles. The molecular formula is C11H8Br2S. The molecule has 1 aromatic carbocycles. The summed E-state index contributed by atoms with van der Waals surface area (Å²) >= 11 is 8.87. The molecular weight excluding hydrogens is 324 g/mol. The molecule has 2 aromatic rings. The third-order valence-corrected chi connectivity index (χ3v) is 4.94. The molecule has 0 nitrogen and oxygen atoms in total. The van der Waals surface area contributed by atoms with Gasteiger partial charge in [0.1, 0.15) is 0 Å². The molecule has 1 heterocycles. The van der Waals surface area contributed by atoms with E-state index < -0.39 is 0 Å². The van der Waals surface area contributed by atoms with Crippen molar-refractivity contribution in [3.63, 3.8) is 0 Å². The SMILES string of the molecule is Cc1c(Br)sc(Br)c1-c1ccccc1. The van der Waals surface area contributed by atoms with E-state index in [1.807, 2.05) is 6.07 Å². The molecule has 0 saturated carbocycles. The molecule has 0 amide bonds. The molecule has 72 valence electrons. The molecule has 0 aliphatic rings. The number of thiophene rings is 1. The van der Waals surface area contributed by atoms with Crippen LogP contribution in [0.1, 0.15) is 5.56 Å². The van der Waals surface area contributed by atoms with Gasteiger partial charge in [0.15, 0.2) is 0 Å². The smallest absolute Gasteiger partial charge is 0.0791 e. The minimum absolute atomic E-state index is 1.19. The number of hydrogen-bond donors (Lipinski definition) is 0. The van der Waals surface area contributed by atoms with Gasteiger partial charge in [0.25, 0.3) is 0 Å². The van der Waals surface area contributed by atoms with E-state index >= 15 is 0 Å². The van der Waals surface area contributed by atoms with Crippen molar-refractivity contribution in [1.82, 2.24) is 0 Å². The van der Waals surface area contributed by atoms with Crippen LogP contribution < -0.4 is 0 Å². The molecule has 0 unspecified atom stereocenters. The number of hydrogen-bond acceptors (Lipinski definition) is 1. The topological polar surface area (TPSA) is 0 Å². The van der Waals surface area contributed by atoms with Crippen LogP contribution in [0.4, 0.5) is 0 Å². The van der Waals surface area contributed by atoms with Gasteiger partial charge in [-0.2, -0.15) is 0 Å². The summed E-state index contributed by atoms with van der Waals surface area (Å²) in [7, 11) is 0. The summed E-state index contributed by atoms with van der Waals surface area (Å²) in [5.74, 6) is 0. The lowest BCUT2D eigenvalue weighted by molar-refractivity contribution is 1.50. The van der Waals surface area contributed by atoms with Gasteiger partial charge in [0.05, 0.1) is 7.57 Å². The molecule has 0 radical (unpaired) electrons. The molecule has 2 rings (SSSR count). The van der Waals surface area contributed by atoms with Crippen LogP contribution >= 0.6 is 43.2 Å². The maximum absolute atomic E-state index is 3.59. The fourth-order valence-electron chi connectivity index (χ4n) is 1.39. The first-order valence-corrected chi connectivity index (χ1v) is 6.60. The minimum Gasteiger partial charge on any atom is -0.120 e. The largest absolute Gasteiger partial charge is 0.120 e. The summed E-state index contributed by atoms with van der Waals surface area (Å²) in [6.45, 7) is 2.13. The Morgan fingerprint density at radius 2 is 1.64 bits per heavy atom. The van der Waals surface area contributed by atoms with Gasteiger partial charge in [-0.05, 0) is 49.9 Å². The molecule has 3 heteroatoms. The summed E-state index contributed by atoms with van der Waals surface area (Å²) in [4.78, 5) is 0. The summed E-state index contributed by atoms with van der Waals surface area (Å²) < 4.78 is 2.39. The van der Waals surface area contributed by atoms with Gasteiger partial charge in [0.2, 0.25) is 0 Å². The van der Waals surface area contributed by atoms with E-state index in [0.29, 0.717) is 0 Å². The van der Waals surface area contributed by atoms with Crippen LogP contribution in [-0.2, 0) is 0 Å². The molecule has 0 spiro atoms. The van der Waals surface area contributed by atoms with Crippen LogP contribution in [0.15, 0.2) is 37.9 Å². The highest BCUT2D eigenvalue weighted by atomic mass is 79.9. The summed E-state index contributed by atoms with van der Waals surface area (Å²) in [5.41, 5.74) is 3.86. The molecule has 14 heavy (non-hydrogen) atoms. The number of halogens is 2. The zero-order valence-corrected chi connectivity index (χ0v) is 11.5. The van der Waals surface area contributed by atoms with Crippen molar-refractivity contribution < 1.29 is 0 Å². The first kappa shape index (κ1) is 10.4.